The van der Waals surface area contributed by atoms with Crippen molar-refractivity contribution in [2.45, 2.75) is 19.6 Å². The number of methoxy groups -OCH3 is 1. The Labute approximate surface area is 89.5 Å². The number of ether oxygens (including phenoxy) is 1. The van der Waals surface area contributed by atoms with Gasteiger partial charge in [0.1, 0.15) is 0 Å². The maximum absolute atomic E-state index is 9.50. The van der Waals surface area contributed by atoms with Crippen molar-refractivity contribution in [2.75, 3.05) is 13.7 Å². The summed E-state index contributed by atoms with van der Waals surface area (Å²) in [6, 6.07) is 5.23. The van der Waals surface area contributed by atoms with Gasteiger partial charge in [-0.2, -0.15) is 0 Å². The van der Waals surface area contributed by atoms with E-state index < -0.39 is 0 Å². The molecule has 1 atom stereocenters. The third-order valence-corrected chi connectivity index (χ3v) is 2.01. The van der Waals surface area contributed by atoms with Crippen molar-refractivity contribution in [3.05, 3.63) is 23.8 Å². The van der Waals surface area contributed by atoms with Crippen LogP contribution in [0.15, 0.2) is 18.2 Å². The molecule has 0 spiro atoms. The molecule has 0 saturated carbocycles. The van der Waals surface area contributed by atoms with E-state index >= 15 is 0 Å². The van der Waals surface area contributed by atoms with Crippen LogP contribution in [-0.4, -0.2) is 30.0 Å². The number of hydrogen-bond donors (Lipinski definition) is 3. The van der Waals surface area contributed by atoms with E-state index in [1.54, 1.807) is 19.1 Å². The summed E-state index contributed by atoms with van der Waals surface area (Å²) >= 11 is 0. The Morgan fingerprint density at radius 3 is 2.73 bits per heavy atom. The fourth-order valence-electron chi connectivity index (χ4n) is 1.27. The number of aliphatic hydroxyl groups is 1. The molecule has 4 heteroatoms. The molecule has 0 radical (unpaired) electrons. The Kier molecular flexibility index (Phi) is 4.39. The van der Waals surface area contributed by atoms with Crippen LogP contribution in [0.5, 0.6) is 11.5 Å². The van der Waals surface area contributed by atoms with Crippen molar-refractivity contribution in [1.82, 2.24) is 5.32 Å². The van der Waals surface area contributed by atoms with Gasteiger partial charge in [-0.15, -0.1) is 0 Å². The van der Waals surface area contributed by atoms with E-state index in [4.69, 9.17) is 9.84 Å². The highest BCUT2D eigenvalue weighted by Crippen LogP contribution is 2.25. The number of rotatable bonds is 5. The van der Waals surface area contributed by atoms with Gasteiger partial charge in [0.2, 0.25) is 0 Å². The maximum Gasteiger partial charge on any atom is 0.160 e. The van der Waals surface area contributed by atoms with Crippen molar-refractivity contribution in [3.63, 3.8) is 0 Å². The maximum atomic E-state index is 9.50. The molecule has 1 unspecified atom stereocenters. The number of phenolic OH excluding ortho intramolecular Hbond substituents is 1. The monoisotopic (exact) mass is 211 g/mol. The highest BCUT2D eigenvalue weighted by molar-refractivity contribution is 5.41. The lowest BCUT2D eigenvalue weighted by Crippen LogP contribution is -2.23. The van der Waals surface area contributed by atoms with Gasteiger partial charge in [0.25, 0.3) is 0 Å². The fraction of sp³-hybridized carbons (Fsp3) is 0.455. The molecule has 0 amide bonds. The Morgan fingerprint density at radius 1 is 1.47 bits per heavy atom. The molecule has 0 heterocycles. The van der Waals surface area contributed by atoms with Crippen LogP contribution in [0.1, 0.15) is 12.5 Å². The first kappa shape index (κ1) is 11.8. The summed E-state index contributed by atoms with van der Waals surface area (Å²) in [6.45, 7) is 2.87. The second kappa shape index (κ2) is 5.58. The summed E-state index contributed by atoms with van der Waals surface area (Å²) < 4.78 is 4.93. The summed E-state index contributed by atoms with van der Waals surface area (Å²) in [5, 5.41) is 21.6. The quantitative estimate of drug-likeness (QED) is 0.676. The fourth-order valence-corrected chi connectivity index (χ4v) is 1.27. The molecule has 0 aromatic heterocycles. The van der Waals surface area contributed by atoms with Gasteiger partial charge < -0.3 is 20.3 Å². The third kappa shape index (κ3) is 3.77. The van der Waals surface area contributed by atoms with Crippen LogP contribution >= 0.6 is 0 Å². The van der Waals surface area contributed by atoms with Gasteiger partial charge in [0.15, 0.2) is 11.5 Å². The summed E-state index contributed by atoms with van der Waals surface area (Å²) in [4.78, 5) is 0. The van der Waals surface area contributed by atoms with E-state index in [2.05, 4.69) is 5.32 Å². The van der Waals surface area contributed by atoms with E-state index in [1.807, 2.05) is 6.07 Å². The van der Waals surface area contributed by atoms with Crippen molar-refractivity contribution >= 4 is 0 Å². The van der Waals surface area contributed by atoms with E-state index in [1.165, 1.54) is 7.11 Å². The van der Waals surface area contributed by atoms with Gasteiger partial charge >= 0.3 is 0 Å². The summed E-state index contributed by atoms with van der Waals surface area (Å²) in [5.74, 6) is 0.600. The molecule has 84 valence electrons. The minimum absolute atomic E-state index is 0.133. The van der Waals surface area contributed by atoms with Crippen molar-refractivity contribution in [2.24, 2.45) is 0 Å². The van der Waals surface area contributed by atoms with Gasteiger partial charge in [0, 0.05) is 13.1 Å². The Morgan fingerprint density at radius 2 is 2.20 bits per heavy atom. The normalized spacial score (nSPS) is 12.5. The molecule has 4 nitrogen and oxygen atoms in total. The first-order chi connectivity index (χ1) is 7.13. The molecule has 15 heavy (non-hydrogen) atoms. The predicted octanol–water partition coefficient (Wildman–Crippen LogP) is 0.871. The summed E-state index contributed by atoms with van der Waals surface area (Å²) in [7, 11) is 1.51. The highest BCUT2D eigenvalue weighted by Gasteiger charge is 2.02. The average molecular weight is 211 g/mol. The molecule has 3 N–H and O–H groups in total. The predicted molar refractivity (Wildman–Crippen MR) is 58.0 cm³/mol. The molecule has 1 rings (SSSR count). The topological polar surface area (TPSA) is 61.7 Å². The minimum Gasteiger partial charge on any atom is -0.504 e. The van der Waals surface area contributed by atoms with E-state index in [9.17, 15) is 5.11 Å². The lowest BCUT2D eigenvalue weighted by Gasteiger charge is -2.08. The lowest BCUT2D eigenvalue weighted by atomic mass is 10.2. The number of phenols is 1. The number of aromatic hydroxyl groups is 1. The molecule has 0 saturated heterocycles. The zero-order valence-electron chi connectivity index (χ0n) is 9.03. The Hall–Kier alpha value is -1.26. The largest absolute Gasteiger partial charge is 0.504 e. The molecule has 0 aliphatic heterocycles. The zero-order valence-corrected chi connectivity index (χ0v) is 9.03. The average Bonchev–Trinajstić information content (AvgIpc) is 2.17. The smallest absolute Gasteiger partial charge is 0.160 e. The Bertz CT molecular complexity index is 313. The molecular weight excluding hydrogens is 194 g/mol. The number of hydrogen-bond acceptors (Lipinski definition) is 4. The number of nitrogens with one attached hydrogen (secondary N) is 1. The number of benzene rings is 1. The molecule has 0 fully saturated rings. The first-order valence-corrected chi connectivity index (χ1v) is 4.88. The van der Waals surface area contributed by atoms with E-state index in [-0.39, 0.29) is 11.9 Å². The SMILES string of the molecule is COc1ccc(CNCC(C)O)cc1O. The Balaban J connectivity index is 2.52. The molecule has 1 aromatic rings. The van der Waals surface area contributed by atoms with Crippen molar-refractivity contribution in [3.8, 4) is 11.5 Å². The third-order valence-electron chi connectivity index (χ3n) is 2.01. The second-order valence-electron chi connectivity index (χ2n) is 3.49. The zero-order chi connectivity index (χ0) is 11.3. The summed E-state index contributed by atoms with van der Waals surface area (Å²) in [6.07, 6.45) is -0.364. The van der Waals surface area contributed by atoms with Crippen LogP contribution in [0, 0.1) is 0 Å². The first-order valence-electron chi connectivity index (χ1n) is 4.88. The minimum atomic E-state index is -0.364. The molecular formula is C11H17NO3. The molecule has 0 bridgehead atoms. The van der Waals surface area contributed by atoms with Gasteiger partial charge in [-0.25, -0.2) is 0 Å². The molecule has 0 aliphatic carbocycles. The van der Waals surface area contributed by atoms with Crippen molar-refractivity contribution < 1.29 is 14.9 Å². The van der Waals surface area contributed by atoms with Gasteiger partial charge in [0.05, 0.1) is 13.2 Å². The molecule has 0 aliphatic rings. The van der Waals surface area contributed by atoms with Gasteiger partial charge in [-0.3, -0.25) is 0 Å². The van der Waals surface area contributed by atoms with E-state index in [0.29, 0.717) is 18.8 Å². The second-order valence-corrected chi connectivity index (χ2v) is 3.49. The standard InChI is InChI=1S/C11H17NO3/c1-8(13)6-12-7-9-3-4-11(15-2)10(14)5-9/h3-5,8,12-14H,6-7H2,1-2H3. The van der Waals surface area contributed by atoms with Gasteiger partial charge in [-0.1, -0.05) is 6.07 Å². The van der Waals surface area contributed by atoms with Gasteiger partial charge in [-0.05, 0) is 24.6 Å². The van der Waals surface area contributed by atoms with Crippen LogP contribution in [-0.2, 0) is 6.54 Å². The molecule has 1 aromatic carbocycles. The summed E-state index contributed by atoms with van der Waals surface area (Å²) in [5.41, 5.74) is 0.953. The van der Waals surface area contributed by atoms with Crippen LogP contribution in [0.4, 0.5) is 0 Å². The van der Waals surface area contributed by atoms with Crippen LogP contribution < -0.4 is 10.1 Å². The highest BCUT2D eigenvalue weighted by atomic mass is 16.5. The van der Waals surface area contributed by atoms with Crippen LogP contribution in [0.3, 0.4) is 0 Å². The van der Waals surface area contributed by atoms with Crippen molar-refractivity contribution in [1.29, 1.82) is 0 Å². The van der Waals surface area contributed by atoms with Crippen LogP contribution in [0.25, 0.3) is 0 Å². The lowest BCUT2D eigenvalue weighted by molar-refractivity contribution is 0.191. The number of aliphatic hydroxyl groups excluding tert-OH is 1. The van der Waals surface area contributed by atoms with E-state index in [0.717, 1.165) is 5.56 Å². The van der Waals surface area contributed by atoms with Crippen LogP contribution in [0.2, 0.25) is 0 Å².